The Morgan fingerprint density at radius 3 is 1.48 bits per heavy atom. The summed E-state index contributed by atoms with van der Waals surface area (Å²) in [6.45, 7) is 0.429. The van der Waals surface area contributed by atoms with Crippen molar-refractivity contribution in [1.82, 2.24) is 0 Å². The first-order valence-electron chi connectivity index (χ1n) is 7.28. The molecular formula is C17H19O5P. The molecule has 0 amide bonds. The van der Waals surface area contributed by atoms with Gasteiger partial charge < -0.3 is 19.7 Å². The van der Waals surface area contributed by atoms with Gasteiger partial charge in [-0.25, -0.2) is 0 Å². The largest absolute Gasteiger partial charge is 0.491 e. The molecule has 0 radical (unpaired) electrons. The predicted molar refractivity (Wildman–Crippen MR) is 87.5 cm³/mol. The predicted octanol–water partition coefficient (Wildman–Crippen LogP) is 2.81. The van der Waals surface area contributed by atoms with Crippen LogP contribution in [0.15, 0.2) is 48.5 Å². The molecule has 122 valence electrons. The molecule has 0 aromatic heterocycles. The van der Waals surface area contributed by atoms with E-state index in [1.165, 1.54) is 0 Å². The molecule has 0 saturated heterocycles. The molecule has 0 fully saturated rings. The van der Waals surface area contributed by atoms with E-state index in [4.69, 9.17) is 19.7 Å². The average Bonchev–Trinajstić information content (AvgIpc) is 2.61. The van der Waals surface area contributed by atoms with Crippen LogP contribution in [-0.4, -0.2) is 36.6 Å². The van der Waals surface area contributed by atoms with Crippen LogP contribution in [0.3, 0.4) is 0 Å². The highest BCUT2D eigenvalue weighted by atomic mass is 31.1. The first kappa shape index (κ1) is 17.4. The zero-order valence-corrected chi connectivity index (χ0v) is 13.5. The number of ether oxygens (including phenoxy) is 2. The van der Waals surface area contributed by atoms with Gasteiger partial charge in [0.1, 0.15) is 24.7 Å². The fourth-order valence-electron chi connectivity index (χ4n) is 2.13. The van der Waals surface area contributed by atoms with Crippen LogP contribution >= 0.6 is 8.46 Å². The molecule has 0 atom stereocenters. The van der Waals surface area contributed by atoms with Gasteiger partial charge in [-0.15, -0.1) is 0 Å². The van der Waals surface area contributed by atoms with E-state index in [1.807, 2.05) is 24.3 Å². The van der Waals surface area contributed by atoms with Gasteiger partial charge in [-0.2, -0.15) is 0 Å². The van der Waals surface area contributed by atoms with Crippen LogP contribution in [0.4, 0.5) is 0 Å². The Morgan fingerprint density at radius 1 is 0.783 bits per heavy atom. The van der Waals surface area contributed by atoms with Crippen LogP contribution in [0.1, 0.15) is 16.8 Å². The topological polar surface area (TPSA) is 76.0 Å². The molecule has 0 spiro atoms. The molecule has 5 nitrogen and oxygen atoms in total. The molecule has 23 heavy (non-hydrogen) atoms. The second-order valence-electron chi connectivity index (χ2n) is 4.79. The first-order valence-corrected chi connectivity index (χ1v) is 8.16. The zero-order valence-electron chi connectivity index (χ0n) is 12.6. The van der Waals surface area contributed by atoms with Gasteiger partial charge >= 0.3 is 0 Å². The Balaban J connectivity index is 2.10. The summed E-state index contributed by atoms with van der Waals surface area (Å²) in [4.78, 5) is 0. The lowest BCUT2D eigenvalue weighted by Crippen LogP contribution is -2.02. The van der Waals surface area contributed by atoms with Gasteiger partial charge in [0.05, 0.1) is 18.9 Å². The van der Waals surface area contributed by atoms with E-state index in [0.717, 1.165) is 11.1 Å². The third kappa shape index (κ3) is 5.03. The Kier molecular flexibility index (Phi) is 7.01. The van der Waals surface area contributed by atoms with Crippen molar-refractivity contribution in [3.8, 4) is 11.5 Å². The summed E-state index contributed by atoms with van der Waals surface area (Å²) < 4.78 is 22.2. The summed E-state index contributed by atoms with van der Waals surface area (Å²) in [5.74, 6) is 1.33. The molecule has 0 bridgehead atoms. The zero-order chi connectivity index (χ0) is 16.5. The maximum Gasteiger partial charge on any atom is 0.168 e. The van der Waals surface area contributed by atoms with Crippen molar-refractivity contribution in [1.29, 1.82) is 0 Å². The minimum atomic E-state index is -0.270. The lowest BCUT2D eigenvalue weighted by atomic mass is 10.0. The number of hydrogen-bond acceptors (Lipinski definition) is 5. The van der Waals surface area contributed by atoms with Crippen molar-refractivity contribution < 1.29 is 24.3 Å². The molecule has 2 N–H and O–H groups in total. The van der Waals surface area contributed by atoms with Crippen molar-refractivity contribution in [2.45, 2.75) is 5.66 Å². The summed E-state index contributed by atoms with van der Waals surface area (Å²) in [7, 11) is -0.000203. The fraction of sp³-hybridized carbons (Fsp3) is 0.294. The SMILES string of the molecule is O=PC(c1ccc(OCCO)cc1)c1ccc(OCCO)cc1. The van der Waals surface area contributed by atoms with E-state index in [9.17, 15) is 4.57 Å². The summed E-state index contributed by atoms with van der Waals surface area (Å²) in [6, 6.07) is 14.6. The van der Waals surface area contributed by atoms with Gasteiger partial charge in [0.2, 0.25) is 0 Å². The quantitative estimate of drug-likeness (QED) is 0.690. The van der Waals surface area contributed by atoms with Crippen LogP contribution in [0.2, 0.25) is 0 Å². The number of rotatable bonds is 9. The number of hydrogen-bond donors (Lipinski definition) is 2. The Hall–Kier alpha value is -1.94. The van der Waals surface area contributed by atoms with E-state index in [-0.39, 0.29) is 40.5 Å². The molecule has 0 aliphatic heterocycles. The fourth-order valence-corrected chi connectivity index (χ4v) is 2.72. The van der Waals surface area contributed by atoms with Gasteiger partial charge in [-0.1, -0.05) is 24.3 Å². The molecule has 2 aromatic carbocycles. The Morgan fingerprint density at radius 2 is 1.17 bits per heavy atom. The van der Waals surface area contributed by atoms with Crippen LogP contribution in [-0.2, 0) is 4.57 Å². The third-order valence-corrected chi connectivity index (χ3v) is 4.02. The van der Waals surface area contributed by atoms with Gasteiger partial charge in [-0.3, -0.25) is 4.57 Å². The monoisotopic (exact) mass is 334 g/mol. The van der Waals surface area contributed by atoms with Gasteiger partial charge in [-0.05, 0) is 35.4 Å². The lowest BCUT2D eigenvalue weighted by molar-refractivity contribution is 0.201. The van der Waals surface area contributed by atoms with Crippen LogP contribution < -0.4 is 9.47 Å². The average molecular weight is 334 g/mol. The van der Waals surface area contributed by atoms with E-state index < -0.39 is 0 Å². The Bertz CT molecular complexity index is 546. The summed E-state index contributed by atoms with van der Waals surface area (Å²) in [5, 5.41) is 17.5. The summed E-state index contributed by atoms with van der Waals surface area (Å²) in [5.41, 5.74) is 1.54. The summed E-state index contributed by atoms with van der Waals surface area (Å²) >= 11 is 0. The smallest absolute Gasteiger partial charge is 0.168 e. The van der Waals surface area contributed by atoms with Crippen molar-refractivity contribution in [3.63, 3.8) is 0 Å². The van der Waals surface area contributed by atoms with E-state index in [2.05, 4.69) is 0 Å². The van der Waals surface area contributed by atoms with Gasteiger partial charge in [0.15, 0.2) is 8.46 Å². The minimum absolute atomic E-state index is 0.000203. The lowest BCUT2D eigenvalue weighted by Gasteiger charge is -2.12. The number of aliphatic hydroxyl groups is 2. The highest BCUT2D eigenvalue weighted by Gasteiger charge is 2.14. The molecule has 2 aromatic rings. The summed E-state index contributed by atoms with van der Waals surface area (Å²) in [6.07, 6.45) is 0. The van der Waals surface area contributed by atoms with Crippen molar-refractivity contribution in [3.05, 3.63) is 59.7 Å². The maximum absolute atomic E-state index is 11.6. The molecule has 0 saturated carbocycles. The van der Waals surface area contributed by atoms with E-state index >= 15 is 0 Å². The van der Waals surface area contributed by atoms with E-state index in [1.54, 1.807) is 24.3 Å². The first-order chi connectivity index (χ1) is 11.3. The third-order valence-electron chi connectivity index (χ3n) is 3.22. The van der Waals surface area contributed by atoms with E-state index in [0.29, 0.717) is 11.5 Å². The molecule has 0 unspecified atom stereocenters. The van der Waals surface area contributed by atoms with Crippen LogP contribution in [0.25, 0.3) is 0 Å². The second kappa shape index (κ2) is 9.26. The second-order valence-corrected chi connectivity index (χ2v) is 5.52. The molecule has 6 heteroatoms. The van der Waals surface area contributed by atoms with Crippen molar-refractivity contribution in [2.75, 3.05) is 26.4 Å². The highest BCUT2D eigenvalue weighted by molar-refractivity contribution is 7.24. The van der Waals surface area contributed by atoms with Crippen molar-refractivity contribution >= 4 is 8.46 Å². The minimum Gasteiger partial charge on any atom is -0.491 e. The molecule has 0 aliphatic rings. The van der Waals surface area contributed by atoms with Crippen molar-refractivity contribution in [2.24, 2.45) is 0 Å². The number of aliphatic hydroxyl groups excluding tert-OH is 2. The van der Waals surface area contributed by atoms with Crippen LogP contribution in [0.5, 0.6) is 11.5 Å². The molecular weight excluding hydrogens is 315 g/mol. The normalized spacial score (nSPS) is 10.9. The number of benzene rings is 2. The van der Waals surface area contributed by atoms with Crippen LogP contribution in [0, 0.1) is 0 Å². The maximum atomic E-state index is 11.6. The van der Waals surface area contributed by atoms with Gasteiger partial charge in [0.25, 0.3) is 0 Å². The molecule has 0 heterocycles. The molecule has 0 aliphatic carbocycles. The Labute approximate surface area is 136 Å². The standard InChI is InChI=1S/C17H19O5P/c18-9-11-21-15-5-1-13(2-6-15)17(23-20)14-3-7-16(8-4-14)22-12-10-19/h1-8,17-19H,9-12H2. The highest BCUT2D eigenvalue weighted by Crippen LogP contribution is 2.35. The van der Waals surface area contributed by atoms with Gasteiger partial charge in [0, 0.05) is 0 Å². The molecule has 2 rings (SSSR count).